The molecular formula is C79H121ClF8N4O4. The summed E-state index contributed by atoms with van der Waals surface area (Å²) < 4.78 is 114. The van der Waals surface area contributed by atoms with E-state index in [9.17, 15) is 40.2 Å². The van der Waals surface area contributed by atoms with Crippen LogP contribution in [-0.4, -0.2) is 147 Å². The lowest BCUT2D eigenvalue weighted by Gasteiger charge is -2.39. The minimum absolute atomic E-state index is 0.00310. The van der Waals surface area contributed by atoms with E-state index in [0.717, 1.165) is 138 Å². The van der Waals surface area contributed by atoms with Crippen LogP contribution in [-0.2, 0) is 49.4 Å². The van der Waals surface area contributed by atoms with Crippen LogP contribution in [0.1, 0.15) is 218 Å². The van der Waals surface area contributed by atoms with Crippen LogP contribution in [0.25, 0.3) is 0 Å². The second-order valence-electron chi connectivity index (χ2n) is 31.1. The topological polar surface area (TPSA) is 71.9 Å². The largest absolute Gasteiger partial charge is 0.416 e. The molecule has 2 N–H and O–H groups in total. The van der Waals surface area contributed by atoms with Gasteiger partial charge in [-0.05, 0) is 261 Å². The Bertz CT molecular complexity index is 2680. The highest BCUT2D eigenvalue weighted by Gasteiger charge is 2.36. The van der Waals surface area contributed by atoms with E-state index in [4.69, 9.17) is 26.2 Å². The molecule has 4 aromatic rings. The van der Waals surface area contributed by atoms with Gasteiger partial charge in [0, 0.05) is 82.8 Å². The predicted molar refractivity (Wildman–Crippen MR) is 379 cm³/mol. The van der Waals surface area contributed by atoms with Crippen molar-refractivity contribution in [2.45, 2.75) is 244 Å². The van der Waals surface area contributed by atoms with Gasteiger partial charge in [0.25, 0.3) is 5.92 Å². The summed E-state index contributed by atoms with van der Waals surface area (Å²) in [5.41, 5.74) is 3.10. The van der Waals surface area contributed by atoms with Crippen LogP contribution in [0.2, 0.25) is 5.02 Å². The van der Waals surface area contributed by atoms with Gasteiger partial charge in [-0.15, -0.1) is 0 Å². The van der Waals surface area contributed by atoms with Crippen molar-refractivity contribution in [2.75, 3.05) is 92.9 Å². The van der Waals surface area contributed by atoms with Gasteiger partial charge >= 0.3 is 12.4 Å². The highest BCUT2D eigenvalue weighted by atomic mass is 35.5. The summed E-state index contributed by atoms with van der Waals surface area (Å²) in [7, 11) is 3.53. The molecule has 4 aromatic carbocycles. The number of alkyl halides is 8. The van der Waals surface area contributed by atoms with Gasteiger partial charge in [0.1, 0.15) is 0 Å². The van der Waals surface area contributed by atoms with Crippen molar-refractivity contribution in [2.24, 2.45) is 17.8 Å². The van der Waals surface area contributed by atoms with E-state index in [1.165, 1.54) is 94.5 Å². The molecule has 4 aliphatic rings. The number of piperidine rings is 4. The minimum atomic E-state index is -4.28. The molecule has 3 atom stereocenters. The molecule has 8 rings (SSSR count). The molecule has 0 spiro atoms. The Kier molecular flexibility index (Phi) is 32.7. The first-order valence-corrected chi connectivity index (χ1v) is 36.1. The monoisotopic (exact) mass is 1380 g/mol. The number of aliphatic hydroxyl groups excluding tert-OH is 2. The number of ether oxygens (including phenoxy) is 2. The van der Waals surface area contributed by atoms with Crippen molar-refractivity contribution in [1.29, 1.82) is 0 Å². The molecular weight excluding hydrogens is 1260 g/mol. The number of likely N-dealkylation sites (tertiary alicyclic amines) is 4. The van der Waals surface area contributed by atoms with Crippen molar-refractivity contribution < 1.29 is 54.8 Å². The number of hydrogen-bond acceptors (Lipinski definition) is 8. The van der Waals surface area contributed by atoms with E-state index in [0.29, 0.717) is 36.8 Å². The molecule has 0 saturated carbocycles. The number of hydrogen-bond donors (Lipinski definition) is 2. The Morgan fingerprint density at radius 2 is 0.760 bits per heavy atom. The van der Waals surface area contributed by atoms with Crippen LogP contribution in [0, 0.1) is 17.8 Å². The lowest BCUT2D eigenvalue weighted by atomic mass is 9.78. The third kappa shape index (κ3) is 27.0. The Balaban J connectivity index is 0.000000232. The lowest BCUT2D eigenvalue weighted by Crippen LogP contribution is -2.44. The molecule has 0 aromatic heterocycles. The number of aliphatic hydroxyl groups is 2. The molecule has 0 bridgehead atoms. The maximum Gasteiger partial charge on any atom is 0.416 e. The standard InChI is InChI=1S/C22H35F2NO.C19H30ClNO.2C19H28F3NO/c1-21(2,19-7-9-20(10-8-19)22(3,23)24)13-16-25-14-11-18(12-15-25)6-5-17-26-4;1-15(21-11-8-16(9-12-21)10-13-22)14-19(2,3)17-4-6-18(20)7-5-17;1-14(23-11-9-17(24-4)10-12-23)13-18(2,3)15-5-7-16(8-6-15)19(20,21)22;1-14(23-10-8-15(13-24)9-11-23)12-18(2,3)16-4-6-17(7-5-16)19(20,21)22/h7-10,18H,5-6,11-17H2,1-4H3;4-7,15-16,22H,8-14H2,1-3H3;5-8,14,17H,9-13H2,1-4H3;4-7,14-15,24H,8-13H2,1-3H3. The van der Waals surface area contributed by atoms with Gasteiger partial charge in [0.2, 0.25) is 0 Å². The van der Waals surface area contributed by atoms with Crippen LogP contribution in [0.5, 0.6) is 0 Å². The zero-order valence-corrected chi connectivity index (χ0v) is 61.5. The van der Waals surface area contributed by atoms with Crippen molar-refractivity contribution in [3.8, 4) is 0 Å². The first-order valence-electron chi connectivity index (χ1n) is 35.7. The van der Waals surface area contributed by atoms with Gasteiger partial charge in [0.05, 0.1) is 17.2 Å². The normalized spacial score (nSPS) is 18.9. The van der Waals surface area contributed by atoms with Gasteiger partial charge in [-0.3, -0.25) is 0 Å². The molecule has 4 fully saturated rings. The molecule has 17 heteroatoms. The van der Waals surface area contributed by atoms with Crippen molar-refractivity contribution in [3.63, 3.8) is 0 Å². The predicted octanol–water partition coefficient (Wildman–Crippen LogP) is 19.4. The quantitative estimate of drug-likeness (QED) is 0.0502. The fraction of sp³-hybridized carbons (Fsp3) is 0.696. The Morgan fingerprint density at radius 1 is 0.438 bits per heavy atom. The zero-order chi connectivity index (χ0) is 71.3. The fourth-order valence-corrected chi connectivity index (χ4v) is 15.0. The molecule has 0 radical (unpaired) electrons. The van der Waals surface area contributed by atoms with Crippen LogP contribution in [0.3, 0.4) is 0 Å². The molecule has 4 aliphatic heterocycles. The highest BCUT2D eigenvalue weighted by molar-refractivity contribution is 6.30. The maximum atomic E-state index is 13.4. The van der Waals surface area contributed by atoms with E-state index >= 15 is 0 Å². The van der Waals surface area contributed by atoms with E-state index in [1.54, 1.807) is 50.6 Å². The first kappa shape index (κ1) is 83.0. The molecule has 96 heavy (non-hydrogen) atoms. The number of benzene rings is 4. The van der Waals surface area contributed by atoms with Crippen molar-refractivity contribution >= 4 is 11.6 Å². The third-order valence-electron chi connectivity index (χ3n) is 21.7. The van der Waals surface area contributed by atoms with Gasteiger partial charge in [-0.25, -0.2) is 8.78 Å². The second kappa shape index (κ2) is 37.8. The Morgan fingerprint density at radius 3 is 1.10 bits per heavy atom. The van der Waals surface area contributed by atoms with Crippen molar-refractivity contribution in [1.82, 2.24) is 19.6 Å². The summed E-state index contributed by atoms with van der Waals surface area (Å²) in [4.78, 5) is 10.1. The average Bonchev–Trinajstić information content (AvgIpc) is 0.841. The third-order valence-corrected chi connectivity index (χ3v) is 22.0. The van der Waals surface area contributed by atoms with Crippen LogP contribution >= 0.6 is 11.6 Å². The van der Waals surface area contributed by atoms with Gasteiger partial charge in [-0.1, -0.05) is 128 Å². The molecule has 0 amide bonds. The SMILES string of the molecule is CC(CC(C)(C)c1ccc(C(F)(F)F)cc1)N1CCC(CO)CC1.CC(CC(C)(C)c1ccc(Cl)cc1)N1CCC(CCO)CC1.COC1CCN(C(C)CC(C)(C)c2ccc(C(F)(F)F)cc2)CC1.COCCCC1CCN(CCC(C)(C)c2ccc(C(C)(F)F)cc2)CC1. The maximum absolute atomic E-state index is 13.4. The van der Waals surface area contributed by atoms with Crippen LogP contribution in [0.15, 0.2) is 97.1 Å². The summed E-state index contributed by atoms with van der Waals surface area (Å²) in [6.45, 7) is 36.4. The summed E-state index contributed by atoms with van der Waals surface area (Å²) in [6.07, 6.45) is 8.35. The lowest BCUT2D eigenvalue weighted by molar-refractivity contribution is -0.138. The van der Waals surface area contributed by atoms with Gasteiger partial charge in [-0.2, -0.15) is 26.3 Å². The molecule has 4 saturated heterocycles. The van der Waals surface area contributed by atoms with E-state index in [1.807, 2.05) is 24.3 Å². The second-order valence-corrected chi connectivity index (χ2v) is 31.5. The van der Waals surface area contributed by atoms with Gasteiger partial charge in [0.15, 0.2) is 0 Å². The zero-order valence-electron chi connectivity index (χ0n) is 60.8. The molecule has 8 nitrogen and oxygen atoms in total. The first-order chi connectivity index (χ1) is 44.9. The van der Waals surface area contributed by atoms with Crippen molar-refractivity contribution in [3.05, 3.63) is 141 Å². The molecule has 3 unspecified atom stereocenters. The minimum Gasteiger partial charge on any atom is -0.396 e. The highest BCUT2D eigenvalue weighted by Crippen LogP contribution is 2.39. The molecule has 544 valence electrons. The van der Waals surface area contributed by atoms with E-state index in [-0.39, 0.29) is 33.8 Å². The fourth-order valence-electron chi connectivity index (χ4n) is 14.9. The Hall–Kier alpha value is -3.71. The smallest absolute Gasteiger partial charge is 0.396 e. The van der Waals surface area contributed by atoms with E-state index in [2.05, 4.69) is 108 Å². The summed E-state index contributed by atoms with van der Waals surface area (Å²) >= 11 is 6.00. The summed E-state index contributed by atoms with van der Waals surface area (Å²) in [5.74, 6) is -0.789. The summed E-state index contributed by atoms with van der Waals surface area (Å²) in [6, 6.07) is 27.7. The molecule has 4 heterocycles. The van der Waals surface area contributed by atoms with Crippen LogP contribution < -0.4 is 0 Å². The number of nitrogens with zero attached hydrogens (tertiary/aromatic N) is 4. The van der Waals surface area contributed by atoms with Gasteiger partial charge < -0.3 is 39.3 Å². The average molecular weight is 1380 g/mol. The molecule has 0 aliphatic carbocycles. The Labute approximate surface area is 578 Å². The number of halogens is 9. The summed E-state index contributed by atoms with van der Waals surface area (Å²) in [5, 5.41) is 19.1. The number of methoxy groups -OCH3 is 2. The van der Waals surface area contributed by atoms with E-state index < -0.39 is 29.4 Å². The van der Waals surface area contributed by atoms with Crippen LogP contribution in [0.4, 0.5) is 35.1 Å². The number of rotatable bonds is 25.